The van der Waals surface area contributed by atoms with Gasteiger partial charge >= 0.3 is 6.09 Å². The van der Waals surface area contributed by atoms with Gasteiger partial charge in [0.05, 0.1) is 6.61 Å². The molecule has 5 nitrogen and oxygen atoms in total. The van der Waals surface area contributed by atoms with Crippen LogP contribution in [-0.4, -0.2) is 43.0 Å². The van der Waals surface area contributed by atoms with E-state index < -0.39 is 5.60 Å². The normalized spacial score (nSPS) is 23.6. The maximum absolute atomic E-state index is 11.7. The third-order valence-corrected chi connectivity index (χ3v) is 3.61. The van der Waals surface area contributed by atoms with E-state index in [1.807, 2.05) is 27.7 Å². The van der Waals surface area contributed by atoms with Crippen LogP contribution in [0.4, 0.5) is 4.79 Å². The lowest BCUT2D eigenvalue weighted by molar-refractivity contribution is 0.0447. The average molecular weight is 300 g/mol. The number of hydrogen-bond donors (Lipinski definition) is 2. The summed E-state index contributed by atoms with van der Waals surface area (Å²) in [7, 11) is 0. The van der Waals surface area contributed by atoms with E-state index in [1.165, 1.54) is 0 Å². The van der Waals surface area contributed by atoms with Gasteiger partial charge in [-0.3, -0.25) is 0 Å². The Kier molecular flexibility index (Phi) is 6.94. The van der Waals surface area contributed by atoms with E-state index in [0.717, 1.165) is 26.1 Å². The molecule has 1 aliphatic carbocycles. The minimum absolute atomic E-state index is 0.220. The van der Waals surface area contributed by atoms with Crippen LogP contribution in [0.25, 0.3) is 0 Å². The molecule has 124 valence electrons. The van der Waals surface area contributed by atoms with Gasteiger partial charge in [-0.1, -0.05) is 13.8 Å². The first-order valence-electron chi connectivity index (χ1n) is 8.04. The van der Waals surface area contributed by atoms with Crippen LogP contribution in [-0.2, 0) is 9.47 Å². The van der Waals surface area contributed by atoms with Crippen LogP contribution in [0.15, 0.2) is 0 Å². The van der Waals surface area contributed by atoms with Crippen molar-refractivity contribution >= 4 is 6.09 Å². The molecular formula is C16H32N2O3. The first kappa shape index (κ1) is 18.2. The molecule has 0 aromatic heterocycles. The highest BCUT2D eigenvalue weighted by Crippen LogP contribution is 2.22. The molecule has 0 aliphatic heterocycles. The number of nitrogens with one attached hydrogen (secondary N) is 2. The van der Waals surface area contributed by atoms with Gasteiger partial charge < -0.3 is 20.1 Å². The predicted octanol–water partition coefficient (Wildman–Crippen LogP) is 2.69. The number of alkyl carbamates (subject to hydrolysis) is 1. The van der Waals surface area contributed by atoms with E-state index >= 15 is 0 Å². The largest absolute Gasteiger partial charge is 0.444 e. The van der Waals surface area contributed by atoms with Gasteiger partial charge in [0, 0.05) is 24.7 Å². The molecule has 1 rings (SSSR count). The molecule has 0 aromatic rings. The molecule has 0 radical (unpaired) electrons. The molecule has 0 heterocycles. The van der Waals surface area contributed by atoms with Crippen molar-refractivity contribution in [1.82, 2.24) is 10.6 Å². The highest BCUT2D eigenvalue weighted by molar-refractivity contribution is 5.68. The number of ether oxygens (including phenoxy) is 2. The molecule has 0 aromatic carbocycles. The predicted molar refractivity (Wildman–Crippen MR) is 84.4 cm³/mol. The zero-order valence-electron chi connectivity index (χ0n) is 14.4. The summed E-state index contributed by atoms with van der Waals surface area (Å²) in [4.78, 5) is 11.7. The van der Waals surface area contributed by atoms with E-state index in [0.29, 0.717) is 18.0 Å². The van der Waals surface area contributed by atoms with Crippen molar-refractivity contribution in [2.75, 3.05) is 13.2 Å². The Labute approximate surface area is 129 Å². The monoisotopic (exact) mass is 300 g/mol. The fourth-order valence-electron chi connectivity index (χ4n) is 2.33. The quantitative estimate of drug-likeness (QED) is 0.759. The van der Waals surface area contributed by atoms with Crippen LogP contribution in [0.3, 0.4) is 0 Å². The molecule has 0 saturated heterocycles. The zero-order chi connectivity index (χ0) is 16.0. The van der Waals surface area contributed by atoms with E-state index in [2.05, 4.69) is 24.5 Å². The SMILES string of the molecule is CCOCC(NC1CC(NC(=O)OC(C)(C)C)C1)C(C)C. The minimum Gasteiger partial charge on any atom is -0.444 e. The van der Waals surface area contributed by atoms with Crippen LogP contribution in [0.5, 0.6) is 0 Å². The summed E-state index contributed by atoms with van der Waals surface area (Å²) in [5.41, 5.74) is -0.439. The topological polar surface area (TPSA) is 59.6 Å². The van der Waals surface area contributed by atoms with Crippen molar-refractivity contribution in [3.05, 3.63) is 0 Å². The molecule has 0 spiro atoms. The van der Waals surface area contributed by atoms with E-state index in [1.54, 1.807) is 0 Å². The zero-order valence-corrected chi connectivity index (χ0v) is 14.4. The van der Waals surface area contributed by atoms with Gasteiger partial charge in [0.25, 0.3) is 0 Å². The summed E-state index contributed by atoms with van der Waals surface area (Å²) in [5.74, 6) is 0.536. The van der Waals surface area contributed by atoms with Gasteiger partial charge in [0.1, 0.15) is 5.60 Å². The van der Waals surface area contributed by atoms with Crippen LogP contribution in [0.1, 0.15) is 54.4 Å². The second kappa shape index (κ2) is 7.99. The van der Waals surface area contributed by atoms with Crippen molar-refractivity contribution in [2.24, 2.45) is 5.92 Å². The third kappa shape index (κ3) is 7.14. The molecule has 0 bridgehead atoms. The van der Waals surface area contributed by atoms with E-state index in [4.69, 9.17) is 9.47 Å². The lowest BCUT2D eigenvalue weighted by Crippen LogP contribution is -2.56. The fourth-order valence-corrected chi connectivity index (χ4v) is 2.33. The number of rotatable bonds is 7. The first-order valence-corrected chi connectivity index (χ1v) is 8.04. The van der Waals surface area contributed by atoms with Gasteiger partial charge in [-0.05, 0) is 46.5 Å². The summed E-state index contributed by atoms with van der Waals surface area (Å²) in [6.07, 6.45) is 1.59. The number of hydrogen-bond acceptors (Lipinski definition) is 4. The second-order valence-electron chi connectivity index (χ2n) is 7.19. The van der Waals surface area contributed by atoms with Crippen molar-refractivity contribution in [3.63, 3.8) is 0 Å². The maximum atomic E-state index is 11.7. The molecule has 1 amide bonds. The standard InChI is InChI=1S/C16H32N2O3/c1-7-20-10-14(11(2)3)17-12-8-13(9-12)18-15(19)21-16(4,5)6/h11-14,17H,7-10H2,1-6H3,(H,18,19). The van der Waals surface area contributed by atoms with Gasteiger partial charge in [0.15, 0.2) is 0 Å². The summed E-state index contributed by atoms with van der Waals surface area (Å²) in [6, 6.07) is 1.05. The van der Waals surface area contributed by atoms with Gasteiger partial charge in [0.2, 0.25) is 0 Å². The summed E-state index contributed by atoms with van der Waals surface area (Å²) < 4.78 is 10.8. The Balaban J connectivity index is 2.24. The third-order valence-electron chi connectivity index (χ3n) is 3.61. The smallest absolute Gasteiger partial charge is 0.407 e. The van der Waals surface area contributed by atoms with Crippen molar-refractivity contribution in [1.29, 1.82) is 0 Å². The van der Waals surface area contributed by atoms with Gasteiger partial charge in [-0.15, -0.1) is 0 Å². The lowest BCUT2D eigenvalue weighted by Gasteiger charge is -2.39. The Morgan fingerprint density at radius 1 is 1.24 bits per heavy atom. The summed E-state index contributed by atoms with van der Waals surface area (Å²) >= 11 is 0. The van der Waals surface area contributed by atoms with E-state index in [9.17, 15) is 4.79 Å². The Morgan fingerprint density at radius 3 is 2.33 bits per heavy atom. The highest BCUT2D eigenvalue weighted by atomic mass is 16.6. The summed E-state index contributed by atoms with van der Waals surface area (Å²) in [6.45, 7) is 13.5. The van der Waals surface area contributed by atoms with E-state index in [-0.39, 0.29) is 12.1 Å². The van der Waals surface area contributed by atoms with Gasteiger partial charge in [-0.25, -0.2) is 4.79 Å². The first-order chi connectivity index (χ1) is 9.71. The molecule has 5 heteroatoms. The molecule has 1 unspecified atom stereocenters. The van der Waals surface area contributed by atoms with Crippen LogP contribution in [0, 0.1) is 5.92 Å². The Hall–Kier alpha value is -0.810. The van der Waals surface area contributed by atoms with Crippen LogP contribution in [0.2, 0.25) is 0 Å². The van der Waals surface area contributed by atoms with Crippen molar-refractivity contribution in [3.8, 4) is 0 Å². The number of carbonyl (C=O) groups excluding carboxylic acids is 1. The highest BCUT2D eigenvalue weighted by Gasteiger charge is 2.33. The second-order valence-corrected chi connectivity index (χ2v) is 7.19. The minimum atomic E-state index is -0.439. The molecule has 1 atom stereocenters. The Bertz CT molecular complexity index is 320. The maximum Gasteiger partial charge on any atom is 0.407 e. The molecule has 1 aliphatic rings. The Morgan fingerprint density at radius 2 is 1.86 bits per heavy atom. The molecule has 2 N–H and O–H groups in total. The lowest BCUT2D eigenvalue weighted by atomic mass is 9.85. The number of carbonyl (C=O) groups is 1. The van der Waals surface area contributed by atoms with Crippen molar-refractivity contribution < 1.29 is 14.3 Å². The molecule has 1 saturated carbocycles. The molecule has 1 fully saturated rings. The average Bonchev–Trinajstić information content (AvgIpc) is 2.27. The fraction of sp³-hybridized carbons (Fsp3) is 0.938. The molecular weight excluding hydrogens is 268 g/mol. The van der Waals surface area contributed by atoms with Crippen LogP contribution >= 0.6 is 0 Å². The van der Waals surface area contributed by atoms with Crippen molar-refractivity contribution in [2.45, 2.75) is 78.1 Å². The van der Waals surface area contributed by atoms with Gasteiger partial charge in [-0.2, -0.15) is 0 Å². The summed E-state index contributed by atoms with van der Waals surface area (Å²) in [5, 5.41) is 6.54. The number of amides is 1. The molecule has 21 heavy (non-hydrogen) atoms. The van der Waals surface area contributed by atoms with Crippen LogP contribution < -0.4 is 10.6 Å².